The van der Waals surface area contributed by atoms with Crippen LogP contribution in [0.2, 0.25) is 5.02 Å². The topological polar surface area (TPSA) is 73.2 Å². The molecule has 0 aliphatic rings. The van der Waals surface area contributed by atoms with Crippen molar-refractivity contribution in [1.29, 1.82) is 0 Å². The Morgan fingerprint density at radius 2 is 1.58 bits per heavy atom. The highest BCUT2D eigenvalue weighted by atomic mass is 35.5. The van der Waals surface area contributed by atoms with Crippen LogP contribution in [-0.2, 0) is 13.0 Å². The van der Waals surface area contributed by atoms with Crippen molar-refractivity contribution < 1.29 is 9.53 Å². The predicted molar refractivity (Wildman–Crippen MR) is 129 cm³/mol. The van der Waals surface area contributed by atoms with E-state index in [9.17, 15) is 9.59 Å². The zero-order valence-corrected chi connectivity index (χ0v) is 18.8. The molecule has 4 rings (SSSR count). The van der Waals surface area contributed by atoms with Gasteiger partial charge < -0.3 is 10.1 Å². The first-order valence-electron chi connectivity index (χ1n) is 10.5. The van der Waals surface area contributed by atoms with Gasteiger partial charge in [0.15, 0.2) is 0 Å². The van der Waals surface area contributed by atoms with Crippen molar-refractivity contribution >= 4 is 23.2 Å². The number of benzene rings is 3. The lowest BCUT2D eigenvalue weighted by molar-refractivity contribution is 0.102. The van der Waals surface area contributed by atoms with Crippen LogP contribution in [0.15, 0.2) is 89.7 Å². The van der Waals surface area contributed by atoms with Crippen LogP contribution in [0, 0.1) is 0 Å². The Kier molecular flexibility index (Phi) is 6.86. The summed E-state index contributed by atoms with van der Waals surface area (Å²) < 4.78 is 6.95. The van der Waals surface area contributed by atoms with Crippen LogP contribution < -0.4 is 15.6 Å². The smallest absolute Gasteiger partial charge is 0.271 e. The van der Waals surface area contributed by atoms with Gasteiger partial charge in [0.1, 0.15) is 6.61 Å². The first-order valence-corrected chi connectivity index (χ1v) is 10.9. The van der Waals surface area contributed by atoms with Gasteiger partial charge >= 0.3 is 0 Å². The first-order chi connectivity index (χ1) is 16.0. The standard InChI is InChI=1S/C26H22ClN3O3/c1-2-18-5-11-22(12-6-18)28-26(32)20-7-13-23(14-8-20)30-25(31)16-15-24(29-30)33-17-19-3-9-21(27)10-4-19/h3-16H,2,17H2,1H3,(H,28,32). The van der Waals surface area contributed by atoms with E-state index in [0.29, 0.717) is 28.8 Å². The summed E-state index contributed by atoms with van der Waals surface area (Å²) in [5, 5.41) is 7.81. The predicted octanol–water partition coefficient (Wildman–Crippen LogP) is 5.28. The number of carbonyl (C=O) groups is 1. The Morgan fingerprint density at radius 3 is 2.24 bits per heavy atom. The Morgan fingerprint density at radius 1 is 0.909 bits per heavy atom. The number of hydrogen-bond donors (Lipinski definition) is 1. The zero-order chi connectivity index (χ0) is 23.2. The molecule has 0 spiro atoms. The second kappa shape index (κ2) is 10.1. The van der Waals surface area contributed by atoms with E-state index in [1.165, 1.54) is 22.4 Å². The third kappa shape index (κ3) is 5.67. The van der Waals surface area contributed by atoms with Gasteiger partial charge in [0, 0.05) is 28.4 Å². The molecule has 1 N–H and O–H groups in total. The summed E-state index contributed by atoms with van der Waals surface area (Å²) in [6.45, 7) is 2.37. The molecule has 1 heterocycles. The third-order valence-electron chi connectivity index (χ3n) is 5.07. The van der Waals surface area contributed by atoms with Gasteiger partial charge in [-0.1, -0.05) is 42.8 Å². The van der Waals surface area contributed by atoms with Crippen LogP contribution in [0.3, 0.4) is 0 Å². The summed E-state index contributed by atoms with van der Waals surface area (Å²) in [7, 11) is 0. The molecule has 7 heteroatoms. The van der Waals surface area contributed by atoms with E-state index in [1.54, 1.807) is 36.4 Å². The summed E-state index contributed by atoms with van der Waals surface area (Å²) in [5.41, 5.74) is 3.56. The Balaban J connectivity index is 1.46. The number of nitrogens with zero attached hydrogens (tertiary/aromatic N) is 2. The lowest BCUT2D eigenvalue weighted by Crippen LogP contribution is -2.20. The van der Waals surface area contributed by atoms with Crippen LogP contribution in [0.5, 0.6) is 5.88 Å². The fraction of sp³-hybridized carbons (Fsp3) is 0.115. The normalized spacial score (nSPS) is 10.6. The van der Waals surface area contributed by atoms with Gasteiger partial charge in [0.25, 0.3) is 11.5 Å². The number of nitrogens with one attached hydrogen (secondary N) is 1. The minimum Gasteiger partial charge on any atom is -0.472 e. The number of anilines is 1. The summed E-state index contributed by atoms with van der Waals surface area (Å²) >= 11 is 5.90. The summed E-state index contributed by atoms with van der Waals surface area (Å²) in [6, 6.07) is 24.6. The van der Waals surface area contributed by atoms with Crippen molar-refractivity contribution in [2.75, 3.05) is 5.32 Å². The van der Waals surface area contributed by atoms with E-state index >= 15 is 0 Å². The van der Waals surface area contributed by atoms with Crippen molar-refractivity contribution in [2.45, 2.75) is 20.0 Å². The van der Waals surface area contributed by atoms with Gasteiger partial charge in [-0.2, -0.15) is 4.68 Å². The molecule has 0 saturated carbocycles. The Bertz CT molecular complexity index is 1300. The number of amides is 1. The van der Waals surface area contributed by atoms with Crippen LogP contribution >= 0.6 is 11.6 Å². The number of carbonyl (C=O) groups excluding carboxylic acids is 1. The maximum absolute atomic E-state index is 12.6. The minimum atomic E-state index is -0.304. The molecule has 3 aromatic carbocycles. The maximum atomic E-state index is 12.6. The molecule has 4 aromatic rings. The number of rotatable bonds is 7. The molecule has 0 saturated heterocycles. The molecule has 1 amide bonds. The van der Waals surface area contributed by atoms with Crippen LogP contribution in [0.1, 0.15) is 28.4 Å². The van der Waals surface area contributed by atoms with Crippen molar-refractivity contribution in [3.63, 3.8) is 0 Å². The zero-order valence-electron chi connectivity index (χ0n) is 18.0. The third-order valence-corrected chi connectivity index (χ3v) is 5.32. The van der Waals surface area contributed by atoms with Crippen molar-refractivity contribution in [2.24, 2.45) is 0 Å². The molecule has 0 fully saturated rings. The highest BCUT2D eigenvalue weighted by molar-refractivity contribution is 6.30. The maximum Gasteiger partial charge on any atom is 0.271 e. The second-order valence-corrected chi connectivity index (χ2v) is 7.82. The SMILES string of the molecule is CCc1ccc(NC(=O)c2ccc(-n3nc(OCc4ccc(Cl)cc4)ccc3=O)cc2)cc1. The molecule has 33 heavy (non-hydrogen) atoms. The minimum absolute atomic E-state index is 0.230. The number of halogens is 1. The van der Waals surface area contributed by atoms with Crippen molar-refractivity contribution in [3.8, 4) is 11.6 Å². The second-order valence-electron chi connectivity index (χ2n) is 7.39. The quantitative estimate of drug-likeness (QED) is 0.408. The molecule has 0 aliphatic carbocycles. The van der Waals surface area contributed by atoms with Crippen LogP contribution in [0.4, 0.5) is 5.69 Å². The highest BCUT2D eigenvalue weighted by Crippen LogP contribution is 2.15. The summed E-state index contributed by atoms with van der Waals surface area (Å²) in [4.78, 5) is 24.9. The molecule has 0 atom stereocenters. The first kappa shape index (κ1) is 22.3. The van der Waals surface area contributed by atoms with E-state index in [4.69, 9.17) is 16.3 Å². The largest absolute Gasteiger partial charge is 0.472 e. The lowest BCUT2D eigenvalue weighted by Gasteiger charge is -2.10. The molecule has 0 aliphatic heterocycles. The van der Waals surface area contributed by atoms with Gasteiger partial charge in [0.2, 0.25) is 5.88 Å². The van der Waals surface area contributed by atoms with Gasteiger partial charge in [-0.05, 0) is 66.1 Å². The average Bonchev–Trinajstić information content (AvgIpc) is 2.85. The number of aromatic nitrogens is 2. The number of aryl methyl sites for hydroxylation is 1. The molecule has 166 valence electrons. The van der Waals surface area contributed by atoms with Gasteiger partial charge in [-0.25, -0.2) is 0 Å². The van der Waals surface area contributed by atoms with Gasteiger partial charge in [-0.3, -0.25) is 9.59 Å². The average molecular weight is 460 g/mol. The van der Waals surface area contributed by atoms with Gasteiger partial charge in [0.05, 0.1) is 5.69 Å². The molecule has 1 aromatic heterocycles. The van der Waals surface area contributed by atoms with Crippen molar-refractivity contribution in [3.05, 3.63) is 117 Å². The number of ether oxygens (including phenoxy) is 1. The highest BCUT2D eigenvalue weighted by Gasteiger charge is 2.09. The number of hydrogen-bond acceptors (Lipinski definition) is 4. The molecule has 6 nitrogen and oxygen atoms in total. The van der Waals surface area contributed by atoms with E-state index in [-0.39, 0.29) is 11.5 Å². The molecular weight excluding hydrogens is 438 g/mol. The van der Waals surface area contributed by atoms with Crippen molar-refractivity contribution in [1.82, 2.24) is 9.78 Å². The molecular formula is C26H22ClN3O3. The Hall–Kier alpha value is -3.90. The molecule has 0 bridgehead atoms. The van der Waals surface area contributed by atoms with E-state index in [1.807, 2.05) is 36.4 Å². The summed E-state index contributed by atoms with van der Waals surface area (Å²) in [6.07, 6.45) is 0.941. The van der Waals surface area contributed by atoms with E-state index in [2.05, 4.69) is 17.3 Å². The fourth-order valence-electron chi connectivity index (χ4n) is 3.18. The lowest BCUT2D eigenvalue weighted by atomic mass is 10.1. The van der Waals surface area contributed by atoms with E-state index < -0.39 is 0 Å². The monoisotopic (exact) mass is 459 g/mol. The van der Waals surface area contributed by atoms with Gasteiger partial charge in [-0.15, -0.1) is 5.10 Å². The van der Waals surface area contributed by atoms with E-state index in [0.717, 1.165) is 17.7 Å². The van der Waals surface area contributed by atoms with Crippen LogP contribution in [0.25, 0.3) is 5.69 Å². The molecule has 0 unspecified atom stereocenters. The summed E-state index contributed by atoms with van der Waals surface area (Å²) in [5.74, 6) is 0.0769. The van der Waals surface area contributed by atoms with Crippen LogP contribution in [-0.4, -0.2) is 15.7 Å². The fourth-order valence-corrected chi connectivity index (χ4v) is 3.30. The molecule has 0 radical (unpaired) electrons. The Labute approximate surface area is 196 Å².